The Kier molecular flexibility index (Phi) is 4.15. The van der Waals surface area contributed by atoms with Crippen molar-refractivity contribution in [1.29, 1.82) is 5.26 Å². The summed E-state index contributed by atoms with van der Waals surface area (Å²) in [5.74, 6) is -0.128. The summed E-state index contributed by atoms with van der Waals surface area (Å²) in [6.07, 6.45) is 0.822. The highest BCUT2D eigenvalue weighted by molar-refractivity contribution is 5.98. The molecule has 1 saturated heterocycles. The van der Waals surface area contributed by atoms with Crippen molar-refractivity contribution >= 4 is 11.6 Å². The van der Waals surface area contributed by atoms with E-state index in [1.54, 1.807) is 29.2 Å². The highest BCUT2D eigenvalue weighted by Crippen LogP contribution is 2.22. The Morgan fingerprint density at radius 1 is 1.47 bits per heavy atom. The third-order valence-corrected chi connectivity index (χ3v) is 3.39. The summed E-state index contributed by atoms with van der Waals surface area (Å²) >= 11 is 0. The molecule has 2 unspecified atom stereocenters. The lowest BCUT2D eigenvalue weighted by Gasteiger charge is -2.28. The van der Waals surface area contributed by atoms with Crippen LogP contribution in [0, 0.1) is 11.3 Å². The number of benzene rings is 1. The van der Waals surface area contributed by atoms with Gasteiger partial charge < -0.3 is 15.3 Å². The second-order valence-electron chi connectivity index (χ2n) is 4.69. The predicted octanol–water partition coefficient (Wildman–Crippen LogP) is 0.634. The molecule has 2 N–H and O–H groups in total. The number of nitrogens with zero attached hydrogens (tertiary/aromatic N) is 2. The van der Waals surface area contributed by atoms with E-state index in [1.807, 2.05) is 6.92 Å². The van der Waals surface area contributed by atoms with Crippen molar-refractivity contribution in [3.8, 4) is 6.07 Å². The minimum absolute atomic E-state index is 0.0597. The first kappa shape index (κ1) is 13.5. The van der Waals surface area contributed by atoms with Crippen LogP contribution in [0.15, 0.2) is 24.3 Å². The maximum Gasteiger partial charge on any atom is 0.246 e. The number of nitrogens with one attached hydrogen (secondary N) is 1. The number of carbonyl (C=O) groups excluding carboxylic acids is 1. The lowest BCUT2D eigenvalue weighted by molar-refractivity contribution is -0.121. The van der Waals surface area contributed by atoms with Crippen LogP contribution in [0.5, 0.6) is 0 Å². The van der Waals surface area contributed by atoms with Gasteiger partial charge in [-0.15, -0.1) is 0 Å². The van der Waals surface area contributed by atoms with Crippen molar-refractivity contribution in [2.45, 2.75) is 25.4 Å². The lowest BCUT2D eigenvalue weighted by Crippen LogP contribution is -2.47. The molecular formula is C14H17N3O2. The fraction of sp³-hybridized carbons (Fsp3) is 0.429. The Hall–Kier alpha value is -1.90. The topological polar surface area (TPSA) is 76.4 Å². The molecule has 19 heavy (non-hydrogen) atoms. The van der Waals surface area contributed by atoms with Crippen molar-refractivity contribution in [2.75, 3.05) is 18.1 Å². The number of hydrogen-bond donors (Lipinski definition) is 2. The number of hydrogen-bond acceptors (Lipinski definition) is 4. The fourth-order valence-electron chi connectivity index (χ4n) is 2.29. The summed E-state index contributed by atoms with van der Waals surface area (Å²) in [5.41, 5.74) is 1.33. The maximum absolute atomic E-state index is 12.4. The van der Waals surface area contributed by atoms with E-state index in [1.165, 1.54) is 0 Å². The van der Waals surface area contributed by atoms with Gasteiger partial charge in [-0.05, 0) is 44.2 Å². The SMILES string of the molecule is CC1CCNC(CO)C(=O)N1c1ccc(C#N)cc1. The van der Waals surface area contributed by atoms with Crippen molar-refractivity contribution in [1.82, 2.24) is 5.32 Å². The first-order valence-electron chi connectivity index (χ1n) is 6.35. The normalized spacial score (nSPS) is 23.8. The molecule has 2 atom stereocenters. The molecule has 0 saturated carbocycles. The Bertz CT molecular complexity index is 492. The molecule has 0 aromatic heterocycles. The van der Waals surface area contributed by atoms with Crippen molar-refractivity contribution in [2.24, 2.45) is 0 Å². The monoisotopic (exact) mass is 259 g/mol. The zero-order chi connectivity index (χ0) is 13.8. The second kappa shape index (κ2) is 5.83. The van der Waals surface area contributed by atoms with Gasteiger partial charge in [0.1, 0.15) is 6.04 Å². The minimum Gasteiger partial charge on any atom is -0.394 e. The van der Waals surface area contributed by atoms with E-state index < -0.39 is 6.04 Å². The number of rotatable bonds is 2. The molecular weight excluding hydrogens is 242 g/mol. The quantitative estimate of drug-likeness (QED) is 0.817. The Morgan fingerprint density at radius 3 is 2.74 bits per heavy atom. The van der Waals surface area contributed by atoms with E-state index in [-0.39, 0.29) is 18.6 Å². The number of amides is 1. The van der Waals surface area contributed by atoms with Gasteiger partial charge in [0, 0.05) is 11.7 Å². The summed E-state index contributed by atoms with van der Waals surface area (Å²) in [7, 11) is 0. The van der Waals surface area contributed by atoms with Gasteiger partial charge >= 0.3 is 0 Å². The summed E-state index contributed by atoms with van der Waals surface area (Å²) in [4.78, 5) is 14.1. The van der Waals surface area contributed by atoms with Crippen LogP contribution in [0.4, 0.5) is 5.69 Å². The molecule has 1 aliphatic rings. The van der Waals surface area contributed by atoms with Gasteiger partial charge in [-0.25, -0.2) is 0 Å². The molecule has 5 heteroatoms. The molecule has 0 bridgehead atoms. The summed E-state index contributed by atoms with van der Waals surface area (Å²) in [6.45, 7) is 2.47. The summed E-state index contributed by atoms with van der Waals surface area (Å²) in [5, 5.41) is 21.1. The van der Waals surface area contributed by atoms with Gasteiger partial charge in [-0.2, -0.15) is 5.26 Å². The number of carbonyl (C=O) groups is 1. The molecule has 1 aliphatic heterocycles. The average molecular weight is 259 g/mol. The molecule has 0 spiro atoms. The van der Waals surface area contributed by atoms with Gasteiger partial charge in [0.25, 0.3) is 0 Å². The van der Waals surface area contributed by atoms with Crippen LogP contribution in [-0.4, -0.2) is 36.2 Å². The summed E-state index contributed by atoms with van der Waals surface area (Å²) < 4.78 is 0. The molecule has 1 heterocycles. The first-order valence-corrected chi connectivity index (χ1v) is 6.35. The Morgan fingerprint density at radius 2 is 2.16 bits per heavy atom. The van der Waals surface area contributed by atoms with Crippen LogP contribution < -0.4 is 10.2 Å². The fourth-order valence-corrected chi connectivity index (χ4v) is 2.29. The maximum atomic E-state index is 12.4. The van der Waals surface area contributed by atoms with E-state index in [2.05, 4.69) is 11.4 Å². The largest absolute Gasteiger partial charge is 0.394 e. The highest BCUT2D eigenvalue weighted by atomic mass is 16.3. The van der Waals surface area contributed by atoms with Crippen LogP contribution in [0.25, 0.3) is 0 Å². The molecule has 1 aromatic rings. The zero-order valence-corrected chi connectivity index (χ0v) is 10.8. The van der Waals surface area contributed by atoms with Crippen molar-refractivity contribution in [3.05, 3.63) is 29.8 Å². The average Bonchev–Trinajstić information content (AvgIpc) is 2.57. The molecule has 0 radical (unpaired) electrons. The third-order valence-electron chi connectivity index (χ3n) is 3.39. The van der Waals surface area contributed by atoms with E-state index in [9.17, 15) is 9.90 Å². The molecule has 1 fully saturated rings. The molecule has 0 aliphatic carbocycles. The van der Waals surface area contributed by atoms with Gasteiger partial charge in [0.15, 0.2) is 0 Å². The zero-order valence-electron chi connectivity index (χ0n) is 10.8. The third kappa shape index (κ3) is 2.75. The number of aliphatic hydroxyl groups excluding tert-OH is 1. The molecule has 100 valence electrons. The van der Waals surface area contributed by atoms with Crippen LogP contribution in [-0.2, 0) is 4.79 Å². The Balaban J connectivity index is 2.32. The van der Waals surface area contributed by atoms with Crippen molar-refractivity contribution in [3.63, 3.8) is 0 Å². The summed E-state index contributed by atoms with van der Waals surface area (Å²) in [6, 6.07) is 8.49. The highest BCUT2D eigenvalue weighted by Gasteiger charge is 2.31. The predicted molar refractivity (Wildman–Crippen MR) is 71.6 cm³/mol. The standard InChI is InChI=1S/C14H17N3O2/c1-10-6-7-16-13(9-18)14(19)17(10)12-4-2-11(8-15)3-5-12/h2-5,10,13,16,18H,6-7,9H2,1H3. The van der Waals surface area contributed by atoms with E-state index in [0.29, 0.717) is 12.1 Å². The Labute approximate surface area is 112 Å². The smallest absolute Gasteiger partial charge is 0.246 e. The molecule has 1 amide bonds. The minimum atomic E-state index is -0.555. The molecule has 2 rings (SSSR count). The van der Waals surface area contributed by atoms with Gasteiger partial charge in [-0.3, -0.25) is 4.79 Å². The molecule has 5 nitrogen and oxygen atoms in total. The van der Waals surface area contributed by atoms with E-state index in [0.717, 1.165) is 12.1 Å². The second-order valence-corrected chi connectivity index (χ2v) is 4.69. The van der Waals surface area contributed by atoms with Gasteiger partial charge in [0.2, 0.25) is 5.91 Å². The van der Waals surface area contributed by atoms with Gasteiger partial charge in [0.05, 0.1) is 18.2 Å². The van der Waals surface area contributed by atoms with Crippen molar-refractivity contribution < 1.29 is 9.90 Å². The lowest BCUT2D eigenvalue weighted by atomic mass is 10.1. The van der Waals surface area contributed by atoms with E-state index in [4.69, 9.17) is 5.26 Å². The van der Waals surface area contributed by atoms with Crippen LogP contribution >= 0.6 is 0 Å². The van der Waals surface area contributed by atoms with Crippen LogP contribution in [0.3, 0.4) is 0 Å². The number of nitriles is 1. The van der Waals surface area contributed by atoms with E-state index >= 15 is 0 Å². The van der Waals surface area contributed by atoms with Crippen LogP contribution in [0.2, 0.25) is 0 Å². The number of aliphatic hydroxyl groups is 1. The molecule has 1 aromatic carbocycles. The van der Waals surface area contributed by atoms with Crippen LogP contribution in [0.1, 0.15) is 18.9 Å². The number of anilines is 1. The first-order chi connectivity index (χ1) is 9.17. The van der Waals surface area contributed by atoms with Gasteiger partial charge in [-0.1, -0.05) is 0 Å².